The summed E-state index contributed by atoms with van der Waals surface area (Å²) >= 11 is 0. The SMILES string of the molecule is O=C(O)CC(O)C(=O)OC[C@H]1O[C@@H](O)[C@H](O)[C@@H](O)[C@@H]1O[C@H]1O[C@H](CO)[C@@H](O)[C@H](O)[C@H]1O. The summed E-state index contributed by atoms with van der Waals surface area (Å²) in [6.07, 6.45) is -20.3. The summed E-state index contributed by atoms with van der Waals surface area (Å²) in [6.45, 7) is -1.56. The molecule has 0 amide bonds. The molecule has 9 N–H and O–H groups in total. The van der Waals surface area contributed by atoms with Crippen LogP contribution in [0, 0.1) is 0 Å². The lowest BCUT2D eigenvalue weighted by atomic mass is 9.97. The van der Waals surface area contributed by atoms with Gasteiger partial charge in [0.1, 0.15) is 55.4 Å². The first-order chi connectivity index (χ1) is 14.5. The molecule has 2 aliphatic heterocycles. The predicted molar refractivity (Wildman–Crippen MR) is 90.8 cm³/mol. The Morgan fingerprint density at radius 1 is 0.871 bits per heavy atom. The molecule has 15 nitrogen and oxygen atoms in total. The van der Waals surface area contributed by atoms with Crippen LogP contribution in [0.4, 0.5) is 0 Å². The number of rotatable bonds is 8. The van der Waals surface area contributed by atoms with Gasteiger partial charge in [-0.25, -0.2) is 4.79 Å². The van der Waals surface area contributed by atoms with Crippen molar-refractivity contribution in [3.05, 3.63) is 0 Å². The average molecular weight is 458 g/mol. The second kappa shape index (κ2) is 10.9. The summed E-state index contributed by atoms with van der Waals surface area (Å²) in [5.41, 5.74) is 0. The minimum Gasteiger partial charge on any atom is -0.481 e. The van der Waals surface area contributed by atoms with Crippen LogP contribution in [-0.2, 0) is 28.5 Å². The third-order valence-corrected chi connectivity index (χ3v) is 4.83. The zero-order valence-corrected chi connectivity index (χ0v) is 15.9. The summed E-state index contributed by atoms with van der Waals surface area (Å²) in [5.74, 6) is -2.83. The van der Waals surface area contributed by atoms with Crippen LogP contribution in [0.5, 0.6) is 0 Å². The van der Waals surface area contributed by atoms with Crippen LogP contribution in [0.1, 0.15) is 6.42 Å². The van der Waals surface area contributed by atoms with Crippen molar-refractivity contribution in [2.45, 2.75) is 73.9 Å². The second-order valence-corrected chi connectivity index (χ2v) is 7.09. The number of aliphatic hydroxyl groups is 8. The highest BCUT2D eigenvalue weighted by atomic mass is 16.7. The number of hydrogen-bond acceptors (Lipinski definition) is 14. The maximum Gasteiger partial charge on any atom is 0.335 e. The van der Waals surface area contributed by atoms with Crippen molar-refractivity contribution in [2.24, 2.45) is 0 Å². The first-order valence-corrected chi connectivity index (χ1v) is 9.20. The maximum atomic E-state index is 11.7. The van der Waals surface area contributed by atoms with Gasteiger partial charge in [-0.3, -0.25) is 4.79 Å². The standard InChI is InChI=1S/C16H26O15/c17-2-5-8(21)9(22)12(25)16(30-5)31-13-6(29-15(27)11(24)10(13)23)3-28-14(26)4(18)1-7(19)20/h4-6,8-13,15-18,21-25,27H,1-3H2,(H,19,20)/t4?,5-,6-,8-,9+,10-,11-,12-,13-,15-,16-/m1/s1. The Balaban J connectivity index is 2.11. The Morgan fingerprint density at radius 3 is 2.10 bits per heavy atom. The fourth-order valence-corrected chi connectivity index (χ4v) is 3.07. The fourth-order valence-electron chi connectivity index (χ4n) is 3.07. The molecule has 0 saturated carbocycles. The molecule has 0 aromatic heterocycles. The van der Waals surface area contributed by atoms with Crippen molar-refractivity contribution in [3.63, 3.8) is 0 Å². The van der Waals surface area contributed by atoms with Crippen molar-refractivity contribution in [1.82, 2.24) is 0 Å². The van der Waals surface area contributed by atoms with Gasteiger partial charge in [-0.2, -0.15) is 0 Å². The van der Waals surface area contributed by atoms with E-state index in [2.05, 4.69) is 0 Å². The second-order valence-electron chi connectivity index (χ2n) is 7.09. The summed E-state index contributed by atoms with van der Waals surface area (Å²) in [4.78, 5) is 22.2. The molecule has 2 saturated heterocycles. The van der Waals surface area contributed by atoms with E-state index in [4.69, 9.17) is 24.1 Å². The van der Waals surface area contributed by atoms with Crippen LogP contribution in [-0.4, -0.2) is 139 Å². The van der Waals surface area contributed by atoms with Crippen molar-refractivity contribution >= 4 is 11.9 Å². The molecular weight excluding hydrogens is 432 g/mol. The molecule has 0 bridgehead atoms. The van der Waals surface area contributed by atoms with Crippen LogP contribution in [0.3, 0.4) is 0 Å². The molecule has 0 aromatic rings. The number of aliphatic carboxylic acids is 1. The highest BCUT2D eigenvalue weighted by Gasteiger charge is 2.50. The van der Waals surface area contributed by atoms with Crippen molar-refractivity contribution < 1.29 is 74.5 Å². The first kappa shape index (κ1) is 25.8. The van der Waals surface area contributed by atoms with Crippen LogP contribution in [0.25, 0.3) is 0 Å². The lowest BCUT2D eigenvalue weighted by molar-refractivity contribution is -0.355. The topological polar surface area (TPSA) is 253 Å². The van der Waals surface area contributed by atoms with Crippen molar-refractivity contribution in [2.75, 3.05) is 13.2 Å². The first-order valence-electron chi connectivity index (χ1n) is 9.20. The minimum atomic E-state index is -2.01. The zero-order valence-electron chi connectivity index (χ0n) is 15.9. The number of ether oxygens (including phenoxy) is 4. The van der Waals surface area contributed by atoms with E-state index in [9.17, 15) is 50.4 Å². The molecule has 11 atom stereocenters. The molecule has 15 heteroatoms. The van der Waals surface area contributed by atoms with Crippen LogP contribution in [0.2, 0.25) is 0 Å². The van der Waals surface area contributed by atoms with Gasteiger partial charge in [-0.1, -0.05) is 0 Å². The van der Waals surface area contributed by atoms with Gasteiger partial charge >= 0.3 is 11.9 Å². The number of carbonyl (C=O) groups excluding carboxylic acids is 1. The predicted octanol–water partition coefficient (Wildman–Crippen LogP) is -6.01. The highest BCUT2D eigenvalue weighted by molar-refractivity contribution is 5.80. The Hall–Kier alpha value is -1.50. The van der Waals surface area contributed by atoms with Gasteiger partial charge in [0.25, 0.3) is 0 Å². The highest BCUT2D eigenvalue weighted by Crippen LogP contribution is 2.28. The monoisotopic (exact) mass is 458 g/mol. The van der Waals surface area contributed by atoms with E-state index in [0.29, 0.717) is 0 Å². The van der Waals surface area contributed by atoms with Gasteiger partial charge in [-0.05, 0) is 0 Å². The molecule has 2 fully saturated rings. The molecule has 2 rings (SSSR count). The molecule has 2 heterocycles. The molecule has 0 radical (unpaired) electrons. The third-order valence-electron chi connectivity index (χ3n) is 4.83. The molecule has 1 unspecified atom stereocenters. The normalized spacial score (nSPS) is 42.1. The fraction of sp³-hybridized carbons (Fsp3) is 0.875. The smallest absolute Gasteiger partial charge is 0.335 e. The average Bonchev–Trinajstić information content (AvgIpc) is 2.72. The number of carboxylic acid groups (broad SMARTS) is 1. The Bertz CT molecular complexity index is 614. The number of hydrogen-bond donors (Lipinski definition) is 9. The van der Waals surface area contributed by atoms with Crippen LogP contribution < -0.4 is 0 Å². The third kappa shape index (κ3) is 6.05. The molecular formula is C16H26O15. The van der Waals surface area contributed by atoms with Gasteiger partial charge < -0.3 is 64.9 Å². The molecule has 0 aromatic carbocycles. The van der Waals surface area contributed by atoms with Gasteiger partial charge in [0.2, 0.25) is 0 Å². The Morgan fingerprint density at radius 2 is 1.52 bits per heavy atom. The number of carboxylic acids is 1. The maximum absolute atomic E-state index is 11.7. The van der Waals surface area contributed by atoms with Crippen LogP contribution in [0.15, 0.2) is 0 Å². The Labute approximate surface area is 174 Å². The van der Waals surface area contributed by atoms with Crippen molar-refractivity contribution in [1.29, 1.82) is 0 Å². The quantitative estimate of drug-likeness (QED) is 0.153. The van der Waals surface area contributed by atoms with E-state index in [1.165, 1.54) is 0 Å². The molecule has 31 heavy (non-hydrogen) atoms. The largest absolute Gasteiger partial charge is 0.481 e. The van der Waals surface area contributed by atoms with Crippen LogP contribution >= 0.6 is 0 Å². The Kier molecular flexibility index (Phi) is 9.04. The summed E-state index contributed by atoms with van der Waals surface area (Å²) in [7, 11) is 0. The van der Waals surface area contributed by atoms with Crippen molar-refractivity contribution in [3.8, 4) is 0 Å². The van der Waals surface area contributed by atoms with Gasteiger partial charge in [0.15, 0.2) is 18.7 Å². The van der Waals surface area contributed by atoms with E-state index in [1.807, 2.05) is 0 Å². The molecule has 0 spiro atoms. The van der Waals surface area contributed by atoms with E-state index in [0.717, 1.165) is 0 Å². The molecule has 180 valence electrons. The van der Waals surface area contributed by atoms with E-state index in [1.54, 1.807) is 0 Å². The summed E-state index contributed by atoms with van der Waals surface area (Å²) in [6, 6.07) is 0. The molecule has 0 aliphatic carbocycles. The lowest BCUT2D eigenvalue weighted by Crippen LogP contribution is -2.64. The van der Waals surface area contributed by atoms with E-state index >= 15 is 0 Å². The van der Waals surface area contributed by atoms with Gasteiger partial charge in [-0.15, -0.1) is 0 Å². The van der Waals surface area contributed by atoms with E-state index < -0.39 is 99.1 Å². The number of carbonyl (C=O) groups is 2. The molecule has 2 aliphatic rings. The summed E-state index contributed by atoms with van der Waals surface area (Å²) in [5, 5.41) is 86.7. The summed E-state index contributed by atoms with van der Waals surface area (Å²) < 4.78 is 20.2. The minimum absolute atomic E-state index is 0.766. The number of esters is 1. The van der Waals surface area contributed by atoms with Gasteiger partial charge in [0, 0.05) is 0 Å². The van der Waals surface area contributed by atoms with E-state index in [-0.39, 0.29) is 0 Å². The number of aliphatic hydroxyl groups excluding tert-OH is 8. The lowest BCUT2D eigenvalue weighted by Gasteiger charge is -2.45. The van der Waals surface area contributed by atoms with Gasteiger partial charge in [0.05, 0.1) is 13.0 Å². The zero-order chi connectivity index (χ0) is 23.5.